The Hall–Kier alpha value is -1.92. The molecule has 0 spiro atoms. The van der Waals surface area contributed by atoms with Crippen molar-refractivity contribution in [1.82, 2.24) is 20.3 Å². The van der Waals surface area contributed by atoms with Crippen molar-refractivity contribution in [3.05, 3.63) is 11.9 Å². The lowest BCUT2D eigenvalue weighted by Crippen LogP contribution is -2.33. The Kier molecular flexibility index (Phi) is 5.66. The highest BCUT2D eigenvalue weighted by atomic mass is 16.6. The third kappa shape index (κ3) is 6.31. The zero-order valence-electron chi connectivity index (χ0n) is 12.5. The second kappa shape index (κ2) is 7.02. The van der Waals surface area contributed by atoms with Crippen molar-refractivity contribution in [2.24, 2.45) is 7.05 Å². The molecule has 1 heterocycles. The summed E-state index contributed by atoms with van der Waals surface area (Å²) in [6, 6.07) is 0. The minimum atomic E-state index is -0.494. The second-order valence-corrected chi connectivity index (χ2v) is 5.59. The van der Waals surface area contributed by atoms with Gasteiger partial charge in [0.25, 0.3) is 0 Å². The molecule has 0 radical (unpaired) electrons. The van der Waals surface area contributed by atoms with Gasteiger partial charge in [-0.05, 0) is 33.6 Å². The summed E-state index contributed by atoms with van der Waals surface area (Å²) in [7, 11) is 1.72. The van der Waals surface area contributed by atoms with Gasteiger partial charge in [0.2, 0.25) is 0 Å². The fourth-order valence-corrected chi connectivity index (χ4v) is 1.52. The number of aromatic nitrogens is 3. The van der Waals surface area contributed by atoms with E-state index in [2.05, 4.69) is 15.6 Å². The molecule has 112 valence electrons. The number of aryl methyl sites for hydroxylation is 1. The molecule has 7 heteroatoms. The van der Waals surface area contributed by atoms with Crippen LogP contribution in [0.5, 0.6) is 0 Å². The Morgan fingerprint density at radius 2 is 2.05 bits per heavy atom. The van der Waals surface area contributed by atoms with Crippen molar-refractivity contribution in [2.75, 3.05) is 6.54 Å². The molecule has 20 heavy (non-hydrogen) atoms. The summed E-state index contributed by atoms with van der Waals surface area (Å²) in [5.74, 6) is -0.0321. The molecule has 1 aromatic heterocycles. The van der Waals surface area contributed by atoms with Gasteiger partial charge in [-0.1, -0.05) is 5.21 Å². The van der Waals surface area contributed by atoms with Crippen molar-refractivity contribution in [1.29, 1.82) is 0 Å². The first-order valence-corrected chi connectivity index (χ1v) is 6.64. The van der Waals surface area contributed by atoms with Gasteiger partial charge in [0.05, 0.1) is 6.20 Å². The van der Waals surface area contributed by atoms with E-state index in [4.69, 9.17) is 4.74 Å². The largest absolute Gasteiger partial charge is 0.444 e. The van der Waals surface area contributed by atoms with Crippen molar-refractivity contribution in [3.8, 4) is 0 Å². The van der Waals surface area contributed by atoms with Gasteiger partial charge in [-0.3, -0.25) is 9.48 Å². The van der Waals surface area contributed by atoms with Crippen LogP contribution in [-0.2, 0) is 11.8 Å². The second-order valence-electron chi connectivity index (χ2n) is 5.59. The Labute approximate surface area is 118 Å². The number of hydrogen-bond donors (Lipinski definition) is 1. The molecule has 0 aliphatic heterocycles. The van der Waals surface area contributed by atoms with Gasteiger partial charge in [0, 0.05) is 20.0 Å². The van der Waals surface area contributed by atoms with Gasteiger partial charge in [-0.25, -0.2) is 4.79 Å². The molecular formula is C13H22N4O3. The van der Waals surface area contributed by atoms with E-state index in [1.807, 2.05) is 20.8 Å². The molecule has 0 aromatic carbocycles. The SMILES string of the molecule is Cn1cc(C(=O)CCCCNC(=O)OC(C)(C)C)nn1. The van der Waals surface area contributed by atoms with Gasteiger partial charge >= 0.3 is 6.09 Å². The number of unbranched alkanes of at least 4 members (excludes halogenated alkanes) is 1. The first kappa shape index (κ1) is 16.1. The standard InChI is InChI=1S/C13H22N4O3/c1-13(2,3)20-12(19)14-8-6-5-7-11(18)10-9-17(4)16-15-10/h9H,5-8H2,1-4H3,(H,14,19). The van der Waals surface area contributed by atoms with Gasteiger partial charge in [-0.15, -0.1) is 5.10 Å². The van der Waals surface area contributed by atoms with Crippen LogP contribution >= 0.6 is 0 Å². The molecule has 1 N–H and O–H groups in total. The zero-order valence-corrected chi connectivity index (χ0v) is 12.5. The van der Waals surface area contributed by atoms with Crippen LogP contribution in [0.2, 0.25) is 0 Å². The summed E-state index contributed by atoms with van der Waals surface area (Å²) in [4.78, 5) is 23.1. The van der Waals surface area contributed by atoms with Crippen LogP contribution in [0.3, 0.4) is 0 Å². The third-order valence-corrected chi connectivity index (χ3v) is 2.39. The molecular weight excluding hydrogens is 260 g/mol. The van der Waals surface area contributed by atoms with Crippen LogP contribution in [0.1, 0.15) is 50.5 Å². The summed E-state index contributed by atoms with van der Waals surface area (Å²) >= 11 is 0. The maximum Gasteiger partial charge on any atom is 0.407 e. The number of alkyl carbamates (subject to hydrolysis) is 1. The number of ketones is 1. The van der Waals surface area contributed by atoms with Gasteiger partial charge < -0.3 is 10.1 Å². The quantitative estimate of drug-likeness (QED) is 0.634. The molecule has 0 bridgehead atoms. The molecule has 1 amide bonds. The molecule has 0 fully saturated rings. The fourth-order valence-electron chi connectivity index (χ4n) is 1.52. The highest BCUT2D eigenvalue weighted by molar-refractivity contribution is 5.93. The van der Waals surface area contributed by atoms with Crippen LogP contribution in [0, 0.1) is 0 Å². The smallest absolute Gasteiger partial charge is 0.407 e. The van der Waals surface area contributed by atoms with E-state index in [0.717, 1.165) is 0 Å². The van der Waals surface area contributed by atoms with Crippen LogP contribution in [-0.4, -0.2) is 39.0 Å². The molecule has 1 aromatic rings. The monoisotopic (exact) mass is 282 g/mol. The third-order valence-electron chi connectivity index (χ3n) is 2.39. The topological polar surface area (TPSA) is 86.1 Å². The Balaban J connectivity index is 2.13. The molecule has 0 saturated carbocycles. The van der Waals surface area contributed by atoms with E-state index in [1.54, 1.807) is 13.2 Å². The highest BCUT2D eigenvalue weighted by Gasteiger charge is 2.15. The summed E-state index contributed by atoms with van der Waals surface area (Å²) in [6.45, 7) is 5.92. The number of nitrogens with one attached hydrogen (secondary N) is 1. The predicted molar refractivity (Wildman–Crippen MR) is 73.4 cm³/mol. The lowest BCUT2D eigenvalue weighted by Gasteiger charge is -2.19. The number of rotatable bonds is 6. The summed E-state index contributed by atoms with van der Waals surface area (Å²) in [6.07, 6.45) is 2.96. The molecule has 1 rings (SSSR count). The Bertz CT molecular complexity index is 462. The van der Waals surface area contributed by atoms with Crippen LogP contribution in [0.15, 0.2) is 6.20 Å². The summed E-state index contributed by atoms with van der Waals surface area (Å²) < 4.78 is 6.60. The Morgan fingerprint density at radius 1 is 1.35 bits per heavy atom. The number of ether oxygens (including phenoxy) is 1. The van der Waals surface area contributed by atoms with Crippen molar-refractivity contribution in [2.45, 2.75) is 45.6 Å². The molecule has 0 unspecified atom stereocenters. The molecule has 0 aliphatic carbocycles. The average molecular weight is 282 g/mol. The summed E-state index contributed by atoms with van der Waals surface area (Å²) in [5, 5.41) is 10.1. The van der Waals surface area contributed by atoms with Crippen LogP contribution in [0.25, 0.3) is 0 Å². The zero-order chi connectivity index (χ0) is 15.2. The minimum Gasteiger partial charge on any atom is -0.444 e. The van der Waals surface area contributed by atoms with E-state index < -0.39 is 11.7 Å². The highest BCUT2D eigenvalue weighted by Crippen LogP contribution is 2.07. The maximum atomic E-state index is 11.7. The normalized spacial score (nSPS) is 11.2. The van der Waals surface area contributed by atoms with Crippen LogP contribution < -0.4 is 5.32 Å². The van der Waals surface area contributed by atoms with E-state index >= 15 is 0 Å². The van der Waals surface area contributed by atoms with Crippen molar-refractivity contribution in [3.63, 3.8) is 0 Å². The lowest BCUT2D eigenvalue weighted by molar-refractivity contribution is 0.0527. The number of carbonyl (C=O) groups excluding carboxylic acids is 2. The van der Waals surface area contributed by atoms with Crippen molar-refractivity contribution < 1.29 is 14.3 Å². The van der Waals surface area contributed by atoms with E-state index in [0.29, 0.717) is 31.5 Å². The predicted octanol–water partition coefficient (Wildman–Crippen LogP) is 1.69. The van der Waals surface area contributed by atoms with E-state index in [-0.39, 0.29) is 5.78 Å². The number of amides is 1. The number of hydrogen-bond acceptors (Lipinski definition) is 5. The summed E-state index contributed by atoms with van der Waals surface area (Å²) in [5.41, 5.74) is -0.112. The first-order chi connectivity index (χ1) is 9.28. The van der Waals surface area contributed by atoms with Crippen molar-refractivity contribution >= 4 is 11.9 Å². The molecule has 0 saturated heterocycles. The first-order valence-electron chi connectivity index (χ1n) is 6.64. The van der Waals surface area contributed by atoms with E-state index in [1.165, 1.54) is 4.68 Å². The van der Waals surface area contributed by atoms with Gasteiger partial charge in [0.1, 0.15) is 11.3 Å². The van der Waals surface area contributed by atoms with Gasteiger partial charge in [0.15, 0.2) is 5.78 Å². The molecule has 0 aliphatic rings. The average Bonchev–Trinajstić information content (AvgIpc) is 2.73. The van der Waals surface area contributed by atoms with Crippen LogP contribution in [0.4, 0.5) is 4.79 Å². The maximum absolute atomic E-state index is 11.7. The Morgan fingerprint density at radius 3 is 2.60 bits per heavy atom. The fraction of sp³-hybridized carbons (Fsp3) is 0.692. The molecule has 7 nitrogen and oxygen atoms in total. The number of nitrogens with zero attached hydrogens (tertiary/aromatic N) is 3. The number of carbonyl (C=O) groups is 2. The minimum absolute atomic E-state index is 0.0321. The number of Topliss-reactive ketones (excluding diaryl/α,β-unsaturated/α-hetero) is 1. The van der Waals surface area contributed by atoms with E-state index in [9.17, 15) is 9.59 Å². The van der Waals surface area contributed by atoms with Gasteiger partial charge in [-0.2, -0.15) is 0 Å². The molecule has 0 atom stereocenters. The lowest BCUT2D eigenvalue weighted by atomic mass is 10.1.